The average molecular weight is 493 g/mol. The first kappa shape index (κ1) is 25.5. The molecule has 0 aliphatic carbocycles. The fourth-order valence-electron chi connectivity index (χ4n) is 3.88. The first-order valence-electron chi connectivity index (χ1n) is 10.7. The third-order valence-corrected chi connectivity index (χ3v) is 6.56. The predicted octanol–water partition coefficient (Wildman–Crippen LogP) is 2.72. The predicted molar refractivity (Wildman–Crippen MR) is 124 cm³/mol. The molecule has 0 bridgehead atoms. The number of nitrogens with zero attached hydrogens (tertiary/aromatic N) is 1. The van der Waals surface area contributed by atoms with Crippen LogP contribution in [0.2, 0.25) is 0 Å². The lowest BCUT2D eigenvalue weighted by atomic mass is 10.1. The molecule has 0 saturated heterocycles. The summed E-state index contributed by atoms with van der Waals surface area (Å²) in [6.07, 6.45) is 0.661. The lowest BCUT2D eigenvalue weighted by Gasteiger charge is -2.12. The van der Waals surface area contributed by atoms with Crippen LogP contribution in [-0.2, 0) is 16.4 Å². The van der Waals surface area contributed by atoms with Crippen LogP contribution in [0.4, 0.5) is 8.78 Å². The fourth-order valence-corrected chi connectivity index (χ4v) is 4.40. The number of carbonyl (C=O) groups excluding carboxylic acids is 1. The summed E-state index contributed by atoms with van der Waals surface area (Å²) in [5.41, 5.74) is 3.91. The van der Waals surface area contributed by atoms with Crippen molar-refractivity contribution in [3.05, 3.63) is 77.1 Å². The van der Waals surface area contributed by atoms with Crippen LogP contribution in [0.1, 0.15) is 34.2 Å². The number of halogens is 2. The van der Waals surface area contributed by atoms with Crippen LogP contribution in [0.3, 0.4) is 0 Å². The Balaban J connectivity index is 1.65. The van der Waals surface area contributed by atoms with Crippen molar-refractivity contribution in [1.29, 1.82) is 0 Å². The van der Waals surface area contributed by atoms with E-state index in [1.807, 2.05) is 36.7 Å². The number of ketones is 1. The Morgan fingerprint density at radius 2 is 1.71 bits per heavy atom. The number of benzene rings is 2. The minimum atomic E-state index is -3.72. The van der Waals surface area contributed by atoms with E-state index in [1.54, 1.807) is 24.3 Å². The summed E-state index contributed by atoms with van der Waals surface area (Å²) in [4.78, 5) is 13.2. The minimum absolute atomic E-state index is 0.0124. The van der Waals surface area contributed by atoms with Crippen LogP contribution in [0.25, 0.3) is 5.69 Å². The Labute approximate surface area is 197 Å². The molecule has 3 rings (SSSR count). The highest BCUT2D eigenvalue weighted by Gasteiger charge is 2.23. The number of quaternary nitrogens is 1. The molecule has 4 N–H and O–H groups in total. The third kappa shape index (κ3) is 6.07. The summed E-state index contributed by atoms with van der Waals surface area (Å²) in [6, 6.07) is 14.2. The molecule has 0 aliphatic heterocycles. The highest BCUT2D eigenvalue weighted by atomic mass is 32.2. The van der Waals surface area contributed by atoms with Gasteiger partial charge >= 0.3 is 6.61 Å². The molecule has 34 heavy (non-hydrogen) atoms. The van der Waals surface area contributed by atoms with Crippen LogP contribution in [-0.4, -0.2) is 38.0 Å². The maximum Gasteiger partial charge on any atom is 0.387 e. The van der Waals surface area contributed by atoms with E-state index < -0.39 is 16.6 Å². The highest BCUT2D eigenvalue weighted by Crippen LogP contribution is 2.24. The molecular formula is C24H28F2N3O4S+. The van der Waals surface area contributed by atoms with Gasteiger partial charge in [-0.05, 0) is 68.8 Å². The fraction of sp³-hybridized carbons (Fsp3) is 0.292. The van der Waals surface area contributed by atoms with Gasteiger partial charge in [-0.2, -0.15) is 8.78 Å². The van der Waals surface area contributed by atoms with Crippen LogP contribution < -0.4 is 15.2 Å². The Hall–Kier alpha value is -3.08. The molecule has 0 amide bonds. The molecule has 1 atom stereocenters. The van der Waals surface area contributed by atoms with Gasteiger partial charge in [-0.25, -0.2) is 13.6 Å². The lowest BCUT2D eigenvalue weighted by molar-refractivity contribution is -0.671. The maximum absolute atomic E-state index is 13.1. The molecule has 0 aliphatic rings. The number of alkyl halides is 2. The number of hydrogen-bond donors (Lipinski definition) is 2. The number of aromatic nitrogens is 1. The number of sulfonamides is 1. The molecule has 0 saturated carbocycles. The quantitative estimate of drug-likeness (QED) is 0.424. The number of primary sulfonamides is 1. The second kappa shape index (κ2) is 10.5. The number of rotatable bonds is 10. The Morgan fingerprint density at radius 3 is 2.26 bits per heavy atom. The minimum Gasteiger partial charge on any atom is -0.435 e. The van der Waals surface area contributed by atoms with E-state index in [4.69, 9.17) is 5.14 Å². The van der Waals surface area contributed by atoms with Gasteiger partial charge in [0.2, 0.25) is 15.8 Å². The number of aryl methyl sites for hydroxylation is 1. The lowest BCUT2D eigenvalue weighted by Crippen LogP contribution is -2.91. The van der Waals surface area contributed by atoms with Gasteiger partial charge in [-0.1, -0.05) is 12.1 Å². The average Bonchev–Trinajstić information content (AvgIpc) is 3.07. The molecule has 10 heteroatoms. The van der Waals surface area contributed by atoms with Gasteiger partial charge in [0.25, 0.3) is 0 Å². The summed E-state index contributed by atoms with van der Waals surface area (Å²) < 4.78 is 53.8. The first-order chi connectivity index (χ1) is 16.0. The van der Waals surface area contributed by atoms with Crippen LogP contribution in [0, 0.1) is 13.8 Å². The highest BCUT2D eigenvalue weighted by molar-refractivity contribution is 7.89. The molecule has 1 aromatic heterocycles. The molecule has 7 nitrogen and oxygen atoms in total. The van der Waals surface area contributed by atoms with Crippen molar-refractivity contribution in [2.24, 2.45) is 5.14 Å². The van der Waals surface area contributed by atoms with Gasteiger partial charge in [0.1, 0.15) is 11.8 Å². The Morgan fingerprint density at radius 1 is 1.09 bits per heavy atom. The normalized spacial score (nSPS) is 12.7. The van der Waals surface area contributed by atoms with Crippen molar-refractivity contribution in [2.75, 3.05) is 6.54 Å². The molecule has 0 fully saturated rings. The Bertz CT molecular complexity index is 1250. The summed E-state index contributed by atoms with van der Waals surface area (Å²) >= 11 is 0. The summed E-state index contributed by atoms with van der Waals surface area (Å²) in [5, 5.41) is 7.06. The van der Waals surface area contributed by atoms with E-state index in [0.29, 0.717) is 18.5 Å². The van der Waals surface area contributed by atoms with E-state index in [9.17, 15) is 22.0 Å². The van der Waals surface area contributed by atoms with Gasteiger partial charge in [0.05, 0.1) is 11.4 Å². The topological polar surface area (TPSA) is 108 Å². The van der Waals surface area contributed by atoms with E-state index >= 15 is 0 Å². The zero-order valence-electron chi connectivity index (χ0n) is 19.2. The zero-order valence-corrected chi connectivity index (χ0v) is 20.0. The number of carbonyl (C=O) groups is 1. The molecule has 2 aromatic carbocycles. The summed E-state index contributed by atoms with van der Waals surface area (Å²) in [5.74, 6) is 0.0570. The van der Waals surface area contributed by atoms with Crippen molar-refractivity contribution in [2.45, 2.75) is 44.7 Å². The maximum atomic E-state index is 13.1. The van der Waals surface area contributed by atoms with Gasteiger partial charge < -0.3 is 14.6 Å². The van der Waals surface area contributed by atoms with Gasteiger partial charge in [-0.3, -0.25) is 4.79 Å². The van der Waals surface area contributed by atoms with Crippen LogP contribution >= 0.6 is 0 Å². The second-order valence-corrected chi connectivity index (χ2v) is 9.67. The Kier molecular flexibility index (Phi) is 7.86. The monoisotopic (exact) mass is 492 g/mol. The molecule has 3 aromatic rings. The van der Waals surface area contributed by atoms with Crippen molar-refractivity contribution in [3.63, 3.8) is 0 Å². The van der Waals surface area contributed by atoms with E-state index in [-0.39, 0.29) is 22.5 Å². The number of Topliss-reactive ketones (excluding diaryl/α,β-unsaturated/α-hetero) is 1. The molecule has 0 radical (unpaired) electrons. The van der Waals surface area contributed by atoms with Crippen molar-refractivity contribution < 1.29 is 32.0 Å². The van der Waals surface area contributed by atoms with Crippen molar-refractivity contribution >= 4 is 15.8 Å². The van der Waals surface area contributed by atoms with Crippen LogP contribution in [0.15, 0.2) is 59.5 Å². The molecule has 0 spiro atoms. The largest absolute Gasteiger partial charge is 0.435 e. The van der Waals surface area contributed by atoms with E-state index in [1.165, 1.54) is 24.3 Å². The van der Waals surface area contributed by atoms with Gasteiger partial charge in [0.15, 0.2) is 0 Å². The number of nitrogens with two attached hydrogens (primary N) is 2. The van der Waals surface area contributed by atoms with Gasteiger partial charge in [-0.15, -0.1) is 0 Å². The summed E-state index contributed by atoms with van der Waals surface area (Å²) in [6.45, 7) is 3.33. The number of hydrogen-bond acceptors (Lipinski definition) is 4. The molecular weight excluding hydrogens is 464 g/mol. The second-order valence-electron chi connectivity index (χ2n) is 8.11. The SMILES string of the molecule is Cc1cc(C(=O)[C@H](C)[NH2+]CCc2ccc(S(N)(=O)=O)cc2)c(C)n1-c1ccc(OC(F)F)cc1. The van der Waals surface area contributed by atoms with Crippen LogP contribution in [0.5, 0.6) is 5.75 Å². The van der Waals surface area contributed by atoms with E-state index in [0.717, 1.165) is 22.6 Å². The zero-order chi connectivity index (χ0) is 25.0. The standard InChI is InChI=1S/C24H27F2N3O4S/c1-15-14-22(17(3)29(15)19-6-8-20(9-7-19)33-24(25)26)23(30)16(2)28-13-12-18-4-10-21(11-5-18)34(27,31)32/h4-11,14,16,24,28H,12-13H2,1-3H3,(H2,27,31,32)/p+1/t16-/m0/s1. The van der Waals surface area contributed by atoms with Crippen molar-refractivity contribution in [3.8, 4) is 11.4 Å². The molecule has 1 heterocycles. The van der Waals surface area contributed by atoms with Gasteiger partial charge in [0, 0.05) is 29.1 Å². The smallest absolute Gasteiger partial charge is 0.387 e. The third-order valence-electron chi connectivity index (χ3n) is 5.64. The van der Waals surface area contributed by atoms with Crippen molar-refractivity contribution in [1.82, 2.24) is 4.57 Å². The summed E-state index contributed by atoms with van der Waals surface area (Å²) in [7, 11) is -3.72. The van der Waals surface area contributed by atoms with E-state index in [2.05, 4.69) is 4.74 Å². The molecule has 0 unspecified atom stereocenters. The number of ether oxygens (including phenoxy) is 1. The first-order valence-corrected chi connectivity index (χ1v) is 12.3. The molecule has 182 valence electrons.